The number of nitrogens with one attached hydrogen (secondary N) is 3. The second-order valence-electron chi connectivity index (χ2n) is 8.48. The van der Waals surface area contributed by atoms with Crippen LogP contribution in [0.4, 0.5) is 0 Å². The summed E-state index contributed by atoms with van der Waals surface area (Å²) < 4.78 is 6.06. The van der Waals surface area contributed by atoms with Crippen LogP contribution in [0, 0.1) is 5.92 Å². The van der Waals surface area contributed by atoms with Crippen LogP contribution < -0.4 is 16.0 Å². The van der Waals surface area contributed by atoms with Crippen LogP contribution in [-0.4, -0.2) is 60.5 Å². The Hall–Kier alpha value is -2.29. The van der Waals surface area contributed by atoms with Crippen LogP contribution in [0.25, 0.3) is 0 Å². The van der Waals surface area contributed by atoms with E-state index in [-0.39, 0.29) is 29.7 Å². The number of ether oxygens (including phenoxy) is 1. The van der Waals surface area contributed by atoms with Crippen molar-refractivity contribution in [3.8, 4) is 0 Å². The van der Waals surface area contributed by atoms with Crippen molar-refractivity contribution in [2.45, 2.75) is 44.0 Å². The first-order valence-electron chi connectivity index (χ1n) is 10.4. The molecular formula is C21H26N4O4. The van der Waals surface area contributed by atoms with Gasteiger partial charge in [-0.3, -0.25) is 19.7 Å². The predicted octanol–water partition coefficient (Wildman–Crippen LogP) is -0.0843. The van der Waals surface area contributed by atoms with Crippen LogP contribution in [0.1, 0.15) is 40.7 Å². The number of imide groups is 1. The van der Waals surface area contributed by atoms with E-state index < -0.39 is 6.04 Å². The van der Waals surface area contributed by atoms with Gasteiger partial charge in [0, 0.05) is 57.2 Å². The van der Waals surface area contributed by atoms with Gasteiger partial charge in [0.15, 0.2) is 0 Å². The van der Waals surface area contributed by atoms with Gasteiger partial charge in [-0.1, -0.05) is 18.2 Å². The average Bonchev–Trinajstić information content (AvgIpc) is 3.35. The van der Waals surface area contributed by atoms with E-state index in [1.54, 1.807) is 4.90 Å². The molecule has 8 heteroatoms. The minimum atomic E-state index is -0.579. The Labute approximate surface area is 169 Å². The van der Waals surface area contributed by atoms with Crippen molar-refractivity contribution < 1.29 is 19.1 Å². The fourth-order valence-corrected chi connectivity index (χ4v) is 5.23. The van der Waals surface area contributed by atoms with E-state index in [9.17, 15) is 14.4 Å². The van der Waals surface area contributed by atoms with Crippen LogP contribution in [0.2, 0.25) is 0 Å². The van der Waals surface area contributed by atoms with Crippen molar-refractivity contribution in [2.75, 3.05) is 26.2 Å². The summed E-state index contributed by atoms with van der Waals surface area (Å²) in [5, 5.41) is 9.28. The lowest BCUT2D eigenvalue weighted by Crippen LogP contribution is -2.52. The molecular weight excluding hydrogens is 372 g/mol. The van der Waals surface area contributed by atoms with Crippen LogP contribution in [0.5, 0.6) is 0 Å². The topological polar surface area (TPSA) is 99.8 Å². The molecule has 1 aromatic carbocycles. The molecule has 0 bridgehead atoms. The van der Waals surface area contributed by atoms with Gasteiger partial charge in [0.1, 0.15) is 6.04 Å². The van der Waals surface area contributed by atoms with E-state index in [0.717, 1.165) is 43.8 Å². The van der Waals surface area contributed by atoms with Crippen LogP contribution >= 0.6 is 0 Å². The molecule has 0 spiro atoms. The minimum absolute atomic E-state index is 0.123. The first-order valence-corrected chi connectivity index (χ1v) is 10.4. The summed E-state index contributed by atoms with van der Waals surface area (Å²) >= 11 is 0. The van der Waals surface area contributed by atoms with Gasteiger partial charge in [0.05, 0.1) is 5.60 Å². The van der Waals surface area contributed by atoms with Crippen molar-refractivity contribution in [1.82, 2.24) is 20.9 Å². The second kappa shape index (κ2) is 7.19. The largest absolute Gasteiger partial charge is 0.372 e. The number of nitrogens with zero attached hydrogens (tertiary/aromatic N) is 1. The lowest BCUT2D eigenvalue weighted by atomic mass is 9.91. The van der Waals surface area contributed by atoms with Gasteiger partial charge in [-0.25, -0.2) is 0 Å². The normalized spacial score (nSPS) is 31.2. The number of fused-ring (bicyclic) bond motifs is 2. The standard InChI is InChI=1S/C21H26N4O4/c26-17-5-4-16(19(27)24-17)25-10-14-3-1-2-13(18(14)20(25)28)8-22-11-21-12-23-9-15(21)6-7-29-21/h1-3,15-16,22-23H,4-12H2,(H,24,26,27)/t15-,16?,21+/m1/s1. The molecule has 8 nitrogen and oxygen atoms in total. The third kappa shape index (κ3) is 3.15. The van der Waals surface area contributed by atoms with E-state index in [2.05, 4.69) is 16.0 Å². The summed E-state index contributed by atoms with van der Waals surface area (Å²) in [6.07, 6.45) is 1.74. The predicted molar refractivity (Wildman–Crippen MR) is 104 cm³/mol. The molecule has 3 fully saturated rings. The Morgan fingerprint density at radius 2 is 2.14 bits per heavy atom. The quantitative estimate of drug-likeness (QED) is 0.600. The van der Waals surface area contributed by atoms with Gasteiger partial charge < -0.3 is 20.3 Å². The molecule has 4 aliphatic heterocycles. The summed E-state index contributed by atoms with van der Waals surface area (Å²) in [4.78, 5) is 38.4. The number of piperidine rings is 1. The molecule has 0 aliphatic carbocycles. The summed E-state index contributed by atoms with van der Waals surface area (Å²) in [5.74, 6) is -0.225. The molecule has 3 amide bonds. The Morgan fingerprint density at radius 1 is 1.24 bits per heavy atom. The Bertz CT molecular complexity index is 860. The second-order valence-corrected chi connectivity index (χ2v) is 8.48. The zero-order valence-electron chi connectivity index (χ0n) is 16.3. The summed E-state index contributed by atoms with van der Waals surface area (Å²) in [5.41, 5.74) is 2.44. The van der Waals surface area contributed by atoms with Gasteiger partial charge in [-0.05, 0) is 24.0 Å². The zero-order chi connectivity index (χ0) is 20.0. The van der Waals surface area contributed by atoms with Crippen molar-refractivity contribution in [2.24, 2.45) is 5.92 Å². The first kappa shape index (κ1) is 18.7. The van der Waals surface area contributed by atoms with Gasteiger partial charge in [-0.2, -0.15) is 0 Å². The third-order valence-electron chi connectivity index (χ3n) is 6.79. The molecule has 3 atom stereocenters. The highest BCUT2D eigenvalue weighted by atomic mass is 16.5. The molecule has 3 saturated heterocycles. The van der Waals surface area contributed by atoms with Gasteiger partial charge in [-0.15, -0.1) is 0 Å². The molecule has 4 heterocycles. The Balaban J connectivity index is 1.29. The Kier molecular flexibility index (Phi) is 4.64. The van der Waals surface area contributed by atoms with E-state index >= 15 is 0 Å². The van der Waals surface area contributed by atoms with Crippen molar-refractivity contribution in [3.05, 3.63) is 34.9 Å². The minimum Gasteiger partial charge on any atom is -0.372 e. The molecule has 3 N–H and O–H groups in total. The number of carbonyl (C=O) groups is 3. The molecule has 5 rings (SSSR count). The lowest BCUT2D eigenvalue weighted by molar-refractivity contribution is -0.136. The first-order chi connectivity index (χ1) is 14.1. The number of amides is 3. The number of rotatable bonds is 5. The van der Waals surface area contributed by atoms with Crippen molar-refractivity contribution in [3.63, 3.8) is 0 Å². The molecule has 0 saturated carbocycles. The summed E-state index contributed by atoms with van der Waals surface area (Å²) in [6, 6.07) is 5.29. The third-order valence-corrected chi connectivity index (χ3v) is 6.79. The maximum absolute atomic E-state index is 13.1. The highest BCUT2D eigenvalue weighted by Gasteiger charge is 2.47. The van der Waals surface area contributed by atoms with E-state index in [1.165, 1.54) is 0 Å². The Morgan fingerprint density at radius 3 is 3.00 bits per heavy atom. The average molecular weight is 398 g/mol. The highest BCUT2D eigenvalue weighted by molar-refractivity contribution is 6.05. The van der Waals surface area contributed by atoms with Crippen molar-refractivity contribution >= 4 is 17.7 Å². The van der Waals surface area contributed by atoms with Crippen molar-refractivity contribution in [1.29, 1.82) is 0 Å². The van der Waals surface area contributed by atoms with Gasteiger partial charge in [0.2, 0.25) is 11.8 Å². The molecule has 1 aromatic rings. The maximum atomic E-state index is 13.1. The van der Waals surface area contributed by atoms with Crippen LogP contribution in [-0.2, 0) is 27.4 Å². The number of hydrogen-bond donors (Lipinski definition) is 3. The summed E-state index contributed by atoms with van der Waals surface area (Å²) in [7, 11) is 0. The maximum Gasteiger partial charge on any atom is 0.255 e. The number of hydrogen-bond acceptors (Lipinski definition) is 6. The monoisotopic (exact) mass is 398 g/mol. The molecule has 29 heavy (non-hydrogen) atoms. The number of carbonyl (C=O) groups excluding carboxylic acids is 3. The molecule has 154 valence electrons. The smallest absolute Gasteiger partial charge is 0.255 e. The zero-order valence-corrected chi connectivity index (χ0v) is 16.3. The lowest BCUT2D eigenvalue weighted by Gasteiger charge is -2.29. The van der Waals surface area contributed by atoms with Crippen LogP contribution in [0.15, 0.2) is 18.2 Å². The fraction of sp³-hybridized carbons (Fsp3) is 0.571. The molecule has 0 aromatic heterocycles. The summed E-state index contributed by atoms with van der Waals surface area (Å²) in [6.45, 7) is 4.42. The van der Waals surface area contributed by atoms with E-state index in [4.69, 9.17) is 4.74 Å². The van der Waals surface area contributed by atoms with Gasteiger partial charge >= 0.3 is 0 Å². The number of benzene rings is 1. The van der Waals surface area contributed by atoms with Gasteiger partial charge in [0.25, 0.3) is 5.91 Å². The molecule has 4 aliphatic rings. The molecule has 1 unspecified atom stereocenters. The SMILES string of the molecule is O=C1CCC(N2Cc3cccc(CNC[C@]45CNC[C@H]4CCO5)c3C2=O)C(=O)N1. The highest BCUT2D eigenvalue weighted by Crippen LogP contribution is 2.35. The van der Waals surface area contributed by atoms with E-state index in [1.807, 2.05) is 18.2 Å². The molecule has 0 radical (unpaired) electrons. The van der Waals surface area contributed by atoms with E-state index in [0.29, 0.717) is 31.0 Å². The van der Waals surface area contributed by atoms with Crippen LogP contribution in [0.3, 0.4) is 0 Å². The fourth-order valence-electron chi connectivity index (χ4n) is 5.23.